The molecule has 404 valence electrons. The van der Waals surface area contributed by atoms with Crippen molar-refractivity contribution >= 4 is 17.9 Å². The Morgan fingerprint density at radius 2 is 0.577 bits per heavy atom. The lowest BCUT2D eigenvalue weighted by molar-refractivity contribution is -0.167. The van der Waals surface area contributed by atoms with E-state index in [9.17, 15) is 14.4 Å². The first-order chi connectivity index (χ1) is 35.0. The second-order valence-corrected chi connectivity index (χ2v) is 19.2. The first-order valence-corrected chi connectivity index (χ1v) is 29.4. The standard InChI is InChI=1S/C65H108O6/c1-4-7-10-13-16-19-22-23-24-25-26-27-28-29-30-31-32-33-34-35-36-37-38-39-40-41-42-43-44-47-49-52-55-58-64(67)70-61-62(71-65(68)59-56-53-50-46-21-18-15-12-9-6-3)60-69-63(66)57-54-51-48-45-20-17-14-11-8-5-2/h7,10,12,15-16,19,23-24,26-27,29-30,32-33,35-36,38-39,62H,4-6,8-9,11,13-14,17-18,20-22,25,28,31,34,37,40-61H2,1-3H3/b10-7-,15-12-,19-16-,24-23-,27-26-,30-29-,33-32-,36-35-,39-38-. The highest BCUT2D eigenvalue weighted by Gasteiger charge is 2.19. The van der Waals surface area contributed by atoms with Gasteiger partial charge >= 0.3 is 17.9 Å². The summed E-state index contributed by atoms with van der Waals surface area (Å²) in [6.45, 7) is 6.43. The van der Waals surface area contributed by atoms with Gasteiger partial charge in [-0.3, -0.25) is 14.4 Å². The van der Waals surface area contributed by atoms with Gasteiger partial charge < -0.3 is 14.2 Å². The molecule has 0 amide bonds. The predicted octanol–water partition coefficient (Wildman–Crippen LogP) is 19.9. The van der Waals surface area contributed by atoms with Crippen LogP contribution in [0, 0.1) is 0 Å². The van der Waals surface area contributed by atoms with E-state index in [0.717, 1.165) is 135 Å². The van der Waals surface area contributed by atoms with Gasteiger partial charge in [0.15, 0.2) is 6.10 Å². The molecule has 0 rings (SSSR count). The molecule has 1 atom stereocenters. The third kappa shape index (κ3) is 56.9. The third-order valence-corrected chi connectivity index (χ3v) is 12.2. The number of rotatable bonds is 52. The minimum Gasteiger partial charge on any atom is -0.462 e. The molecule has 6 nitrogen and oxygen atoms in total. The maximum atomic E-state index is 12.7. The summed E-state index contributed by atoms with van der Waals surface area (Å²) in [5, 5.41) is 0. The number of hydrogen-bond acceptors (Lipinski definition) is 6. The van der Waals surface area contributed by atoms with Crippen LogP contribution >= 0.6 is 0 Å². The summed E-state index contributed by atoms with van der Waals surface area (Å²) >= 11 is 0. The molecule has 0 spiro atoms. The first kappa shape index (κ1) is 67.1. The summed E-state index contributed by atoms with van der Waals surface area (Å²) in [6.07, 6.45) is 79.6. The molecule has 0 aliphatic heterocycles. The topological polar surface area (TPSA) is 78.9 Å². The molecule has 0 aliphatic rings. The fraction of sp³-hybridized carbons (Fsp3) is 0.677. The van der Waals surface area contributed by atoms with Crippen LogP contribution in [0.1, 0.15) is 265 Å². The Morgan fingerprint density at radius 1 is 0.296 bits per heavy atom. The highest BCUT2D eigenvalue weighted by Crippen LogP contribution is 2.15. The Balaban J connectivity index is 4.14. The Hall–Kier alpha value is -3.93. The van der Waals surface area contributed by atoms with E-state index in [2.05, 4.69) is 130 Å². The smallest absolute Gasteiger partial charge is 0.306 e. The van der Waals surface area contributed by atoms with Crippen LogP contribution in [0.3, 0.4) is 0 Å². The quantitative estimate of drug-likeness (QED) is 0.0261. The molecule has 0 fully saturated rings. The molecule has 0 saturated heterocycles. The summed E-state index contributed by atoms with van der Waals surface area (Å²) in [5.41, 5.74) is 0. The van der Waals surface area contributed by atoms with E-state index in [1.807, 2.05) is 0 Å². The van der Waals surface area contributed by atoms with Gasteiger partial charge in [-0.15, -0.1) is 0 Å². The molecule has 0 aromatic heterocycles. The van der Waals surface area contributed by atoms with E-state index >= 15 is 0 Å². The normalized spacial score (nSPS) is 12.9. The predicted molar refractivity (Wildman–Crippen MR) is 307 cm³/mol. The minimum atomic E-state index is -0.782. The van der Waals surface area contributed by atoms with E-state index < -0.39 is 6.10 Å². The molecule has 6 heteroatoms. The zero-order valence-corrected chi connectivity index (χ0v) is 46.2. The van der Waals surface area contributed by atoms with Gasteiger partial charge in [0.1, 0.15) is 13.2 Å². The number of carbonyl (C=O) groups is 3. The van der Waals surface area contributed by atoms with Crippen molar-refractivity contribution in [1.82, 2.24) is 0 Å². The van der Waals surface area contributed by atoms with Crippen molar-refractivity contribution in [2.45, 2.75) is 271 Å². The van der Waals surface area contributed by atoms with Gasteiger partial charge in [-0.05, 0) is 103 Å². The highest BCUT2D eigenvalue weighted by atomic mass is 16.6. The van der Waals surface area contributed by atoms with Crippen LogP contribution in [0.15, 0.2) is 109 Å². The molecule has 0 bridgehead atoms. The molecule has 0 saturated carbocycles. The fourth-order valence-electron chi connectivity index (χ4n) is 7.87. The van der Waals surface area contributed by atoms with Crippen molar-refractivity contribution in [1.29, 1.82) is 0 Å². The average molecular weight is 986 g/mol. The van der Waals surface area contributed by atoms with E-state index in [1.54, 1.807) is 0 Å². The number of ether oxygens (including phenoxy) is 3. The van der Waals surface area contributed by atoms with Crippen molar-refractivity contribution in [2.24, 2.45) is 0 Å². The van der Waals surface area contributed by atoms with Gasteiger partial charge in [0.2, 0.25) is 0 Å². The number of carbonyl (C=O) groups excluding carboxylic acids is 3. The lowest BCUT2D eigenvalue weighted by atomic mass is 10.1. The maximum absolute atomic E-state index is 12.7. The molecule has 0 radical (unpaired) electrons. The minimum absolute atomic E-state index is 0.0822. The number of hydrogen-bond donors (Lipinski definition) is 0. The van der Waals surface area contributed by atoms with Crippen molar-refractivity contribution in [3.8, 4) is 0 Å². The Labute approximate surface area is 438 Å². The van der Waals surface area contributed by atoms with Crippen molar-refractivity contribution in [2.75, 3.05) is 13.2 Å². The lowest BCUT2D eigenvalue weighted by Crippen LogP contribution is -2.30. The van der Waals surface area contributed by atoms with Gasteiger partial charge in [0.05, 0.1) is 0 Å². The molecule has 1 unspecified atom stereocenters. The third-order valence-electron chi connectivity index (χ3n) is 12.2. The van der Waals surface area contributed by atoms with E-state index in [0.29, 0.717) is 19.3 Å². The first-order valence-electron chi connectivity index (χ1n) is 29.4. The van der Waals surface area contributed by atoms with Gasteiger partial charge in [0.25, 0.3) is 0 Å². The Morgan fingerprint density at radius 3 is 0.930 bits per heavy atom. The molecule has 0 aromatic carbocycles. The highest BCUT2D eigenvalue weighted by molar-refractivity contribution is 5.71. The van der Waals surface area contributed by atoms with Crippen LogP contribution in [0.4, 0.5) is 0 Å². The lowest BCUT2D eigenvalue weighted by Gasteiger charge is -2.18. The number of allylic oxidation sites excluding steroid dienone is 18. The molecular formula is C65H108O6. The SMILES string of the molecule is CC/C=C\C/C=C\C/C=C\C/C=C\C/C=C\C/C=C\C/C=C\C/C=C\CCCCCCCCCCC(=O)OCC(COC(=O)CCCCCCCCCCCC)OC(=O)CCCCCCC/C=C\CCC. The van der Waals surface area contributed by atoms with Crippen LogP contribution in [0.5, 0.6) is 0 Å². The average Bonchev–Trinajstić information content (AvgIpc) is 3.37. The fourth-order valence-corrected chi connectivity index (χ4v) is 7.87. The van der Waals surface area contributed by atoms with Crippen LogP contribution in [0.25, 0.3) is 0 Å². The van der Waals surface area contributed by atoms with E-state index in [1.165, 1.54) is 89.9 Å². The summed E-state index contributed by atoms with van der Waals surface area (Å²) in [4.78, 5) is 37.9. The molecule has 0 heterocycles. The largest absolute Gasteiger partial charge is 0.462 e. The summed E-state index contributed by atoms with van der Waals surface area (Å²) in [7, 11) is 0. The van der Waals surface area contributed by atoms with Crippen LogP contribution in [-0.2, 0) is 28.6 Å². The maximum Gasteiger partial charge on any atom is 0.306 e. The summed E-state index contributed by atoms with van der Waals surface area (Å²) in [5.74, 6) is -0.904. The van der Waals surface area contributed by atoms with Gasteiger partial charge in [-0.1, -0.05) is 252 Å². The van der Waals surface area contributed by atoms with Gasteiger partial charge in [-0.25, -0.2) is 0 Å². The molecule has 71 heavy (non-hydrogen) atoms. The Kier molecular flexibility index (Phi) is 55.4. The number of esters is 3. The monoisotopic (exact) mass is 985 g/mol. The molecule has 0 aromatic rings. The van der Waals surface area contributed by atoms with E-state index in [-0.39, 0.29) is 31.1 Å². The zero-order valence-electron chi connectivity index (χ0n) is 46.2. The van der Waals surface area contributed by atoms with Gasteiger partial charge in [-0.2, -0.15) is 0 Å². The second kappa shape index (κ2) is 58.6. The van der Waals surface area contributed by atoms with Gasteiger partial charge in [0, 0.05) is 19.3 Å². The van der Waals surface area contributed by atoms with Crippen molar-refractivity contribution in [3.05, 3.63) is 109 Å². The summed E-state index contributed by atoms with van der Waals surface area (Å²) in [6, 6.07) is 0. The Bertz CT molecular complexity index is 1460. The second-order valence-electron chi connectivity index (χ2n) is 19.2. The summed E-state index contributed by atoms with van der Waals surface area (Å²) < 4.78 is 16.8. The van der Waals surface area contributed by atoms with Crippen LogP contribution in [-0.4, -0.2) is 37.2 Å². The molecular weight excluding hydrogens is 877 g/mol. The zero-order chi connectivity index (χ0) is 51.4. The van der Waals surface area contributed by atoms with Crippen LogP contribution < -0.4 is 0 Å². The van der Waals surface area contributed by atoms with E-state index in [4.69, 9.17) is 14.2 Å². The molecule has 0 aliphatic carbocycles. The van der Waals surface area contributed by atoms with Crippen molar-refractivity contribution < 1.29 is 28.6 Å². The van der Waals surface area contributed by atoms with Crippen LogP contribution in [0.2, 0.25) is 0 Å². The number of unbranched alkanes of at least 4 members (excludes halogenated alkanes) is 23. The van der Waals surface area contributed by atoms with Crippen molar-refractivity contribution in [3.63, 3.8) is 0 Å². The molecule has 0 N–H and O–H groups in total.